The number of aromatic nitrogens is 1. The molecule has 1 aromatic heterocycles. The van der Waals surface area contributed by atoms with E-state index in [1.165, 1.54) is 5.56 Å². The number of hydrogen-bond acceptors (Lipinski definition) is 3. The molecule has 1 heterocycles. The molecule has 114 valence electrons. The summed E-state index contributed by atoms with van der Waals surface area (Å²) in [6.07, 6.45) is 3.12. The lowest BCUT2D eigenvalue weighted by atomic mass is 10.1. The van der Waals surface area contributed by atoms with Crippen LogP contribution >= 0.6 is 12.2 Å². The van der Waals surface area contributed by atoms with Crippen LogP contribution in [0, 0.1) is 20.8 Å². The molecule has 1 amide bonds. The molecule has 5 nitrogen and oxygen atoms in total. The molecule has 0 atom stereocenters. The van der Waals surface area contributed by atoms with Crippen molar-refractivity contribution in [3.05, 3.63) is 58.9 Å². The Morgan fingerprint density at radius 1 is 1.05 bits per heavy atom. The largest absolute Gasteiger partial charge is 0.331 e. The lowest BCUT2D eigenvalue weighted by molar-refractivity contribution is 0.0944. The quantitative estimate of drug-likeness (QED) is 0.587. The number of carbonyl (C=O) groups is 1. The van der Waals surface area contributed by atoms with Gasteiger partial charge in [0.15, 0.2) is 5.11 Å². The third kappa shape index (κ3) is 4.02. The minimum absolute atomic E-state index is 0.274. The van der Waals surface area contributed by atoms with Gasteiger partial charge in [-0.3, -0.25) is 20.6 Å². The van der Waals surface area contributed by atoms with Crippen LogP contribution in [0.3, 0.4) is 0 Å². The topological polar surface area (TPSA) is 66.0 Å². The second-order valence-corrected chi connectivity index (χ2v) is 5.45. The van der Waals surface area contributed by atoms with Crippen LogP contribution in [0.25, 0.3) is 0 Å². The van der Waals surface area contributed by atoms with E-state index in [4.69, 9.17) is 12.2 Å². The lowest BCUT2D eigenvalue weighted by Gasteiger charge is -2.16. The van der Waals surface area contributed by atoms with Crippen LogP contribution in [0.5, 0.6) is 0 Å². The number of aryl methyl sites for hydroxylation is 3. The second-order valence-electron chi connectivity index (χ2n) is 5.04. The number of hydrogen-bond donors (Lipinski definition) is 3. The van der Waals surface area contributed by atoms with Gasteiger partial charge in [0, 0.05) is 23.6 Å². The van der Waals surface area contributed by atoms with Gasteiger partial charge in [0.2, 0.25) is 0 Å². The summed E-state index contributed by atoms with van der Waals surface area (Å²) in [7, 11) is 0. The third-order valence-electron chi connectivity index (χ3n) is 3.15. The molecule has 0 bridgehead atoms. The van der Waals surface area contributed by atoms with E-state index >= 15 is 0 Å². The van der Waals surface area contributed by atoms with E-state index in [1.807, 2.05) is 13.8 Å². The zero-order chi connectivity index (χ0) is 16.1. The average Bonchev–Trinajstić information content (AvgIpc) is 2.49. The Kier molecular flexibility index (Phi) is 5.06. The smallest absolute Gasteiger partial charge is 0.269 e. The van der Waals surface area contributed by atoms with Gasteiger partial charge < -0.3 is 5.32 Å². The minimum atomic E-state index is -0.274. The van der Waals surface area contributed by atoms with Crippen LogP contribution in [-0.2, 0) is 0 Å². The first-order valence-electron chi connectivity index (χ1n) is 6.82. The molecule has 0 radical (unpaired) electrons. The van der Waals surface area contributed by atoms with E-state index in [2.05, 4.69) is 40.2 Å². The van der Waals surface area contributed by atoms with Crippen molar-refractivity contribution in [1.29, 1.82) is 0 Å². The van der Waals surface area contributed by atoms with Gasteiger partial charge in [0.25, 0.3) is 5.91 Å². The van der Waals surface area contributed by atoms with E-state index in [0.717, 1.165) is 16.8 Å². The van der Waals surface area contributed by atoms with Gasteiger partial charge in [-0.25, -0.2) is 0 Å². The van der Waals surface area contributed by atoms with E-state index in [0.29, 0.717) is 10.7 Å². The van der Waals surface area contributed by atoms with Crippen molar-refractivity contribution in [2.75, 3.05) is 5.32 Å². The molecule has 0 unspecified atom stereocenters. The third-order valence-corrected chi connectivity index (χ3v) is 3.35. The highest BCUT2D eigenvalue weighted by molar-refractivity contribution is 7.80. The summed E-state index contributed by atoms with van der Waals surface area (Å²) in [4.78, 5) is 15.8. The number of carbonyl (C=O) groups excluding carboxylic acids is 1. The summed E-state index contributed by atoms with van der Waals surface area (Å²) >= 11 is 5.21. The van der Waals surface area contributed by atoms with Gasteiger partial charge in [-0.05, 0) is 56.2 Å². The Bertz CT molecular complexity index is 678. The van der Waals surface area contributed by atoms with Crippen LogP contribution in [0.4, 0.5) is 5.69 Å². The highest BCUT2D eigenvalue weighted by atomic mass is 32.1. The number of nitrogens with one attached hydrogen (secondary N) is 3. The molecule has 3 N–H and O–H groups in total. The second kappa shape index (κ2) is 7.00. The molecular formula is C16H18N4OS. The summed E-state index contributed by atoms with van der Waals surface area (Å²) in [5.74, 6) is -0.274. The molecular weight excluding hydrogens is 296 g/mol. The molecule has 0 aliphatic heterocycles. The fraction of sp³-hybridized carbons (Fsp3) is 0.188. The number of pyridine rings is 1. The zero-order valence-corrected chi connectivity index (χ0v) is 13.5. The Hall–Kier alpha value is -2.47. The van der Waals surface area contributed by atoms with Gasteiger partial charge >= 0.3 is 0 Å². The normalized spacial score (nSPS) is 9.95. The van der Waals surface area contributed by atoms with Crippen molar-refractivity contribution in [1.82, 2.24) is 15.8 Å². The first-order valence-corrected chi connectivity index (χ1v) is 7.23. The number of thiocarbonyl (C=S) groups is 1. The van der Waals surface area contributed by atoms with Crippen molar-refractivity contribution >= 4 is 28.9 Å². The monoisotopic (exact) mass is 314 g/mol. The van der Waals surface area contributed by atoms with Crippen LogP contribution in [-0.4, -0.2) is 16.0 Å². The van der Waals surface area contributed by atoms with Gasteiger partial charge in [0.1, 0.15) is 0 Å². The molecule has 0 fully saturated rings. The van der Waals surface area contributed by atoms with Crippen LogP contribution < -0.4 is 16.2 Å². The molecule has 0 saturated carbocycles. The van der Waals surface area contributed by atoms with E-state index in [9.17, 15) is 4.79 Å². The number of anilines is 1. The van der Waals surface area contributed by atoms with Crippen molar-refractivity contribution < 1.29 is 4.79 Å². The van der Waals surface area contributed by atoms with Crippen molar-refractivity contribution in [3.63, 3.8) is 0 Å². The predicted octanol–water partition coefficient (Wildman–Crippen LogP) is 2.64. The van der Waals surface area contributed by atoms with Gasteiger partial charge in [-0.1, -0.05) is 17.7 Å². The molecule has 0 aliphatic rings. The summed E-state index contributed by atoms with van der Waals surface area (Å²) in [6.45, 7) is 6.08. The number of rotatable bonds is 2. The average molecular weight is 314 g/mol. The summed E-state index contributed by atoms with van der Waals surface area (Å²) < 4.78 is 0. The SMILES string of the molecule is Cc1cc(C)c(NC(=S)NNC(=O)c2ccncc2)c(C)c1. The molecule has 2 aromatic rings. The van der Waals surface area contributed by atoms with Crippen molar-refractivity contribution in [3.8, 4) is 0 Å². The van der Waals surface area contributed by atoms with Gasteiger partial charge in [-0.2, -0.15) is 0 Å². The molecule has 0 saturated heterocycles. The lowest BCUT2D eigenvalue weighted by Crippen LogP contribution is -2.43. The number of nitrogens with zero attached hydrogens (tertiary/aromatic N) is 1. The zero-order valence-electron chi connectivity index (χ0n) is 12.7. The highest BCUT2D eigenvalue weighted by Gasteiger charge is 2.08. The molecule has 22 heavy (non-hydrogen) atoms. The molecule has 6 heteroatoms. The van der Waals surface area contributed by atoms with Crippen molar-refractivity contribution in [2.45, 2.75) is 20.8 Å². The van der Waals surface area contributed by atoms with Crippen LogP contribution in [0.15, 0.2) is 36.7 Å². The summed E-state index contributed by atoms with van der Waals surface area (Å²) in [6, 6.07) is 7.41. The molecule has 1 aromatic carbocycles. The van der Waals surface area contributed by atoms with Crippen LogP contribution in [0.2, 0.25) is 0 Å². The standard InChI is InChI=1S/C16H18N4OS/c1-10-8-11(2)14(12(3)9-10)18-16(22)20-19-15(21)13-4-6-17-7-5-13/h4-9H,1-3H3,(H,19,21)(H2,18,20,22). The molecule has 0 aliphatic carbocycles. The minimum Gasteiger partial charge on any atom is -0.331 e. The fourth-order valence-corrected chi connectivity index (χ4v) is 2.36. The van der Waals surface area contributed by atoms with E-state index in [1.54, 1.807) is 24.5 Å². The first-order chi connectivity index (χ1) is 10.5. The Morgan fingerprint density at radius 3 is 2.23 bits per heavy atom. The molecule has 2 rings (SSSR count). The Labute approximate surface area is 135 Å². The van der Waals surface area contributed by atoms with E-state index < -0.39 is 0 Å². The maximum absolute atomic E-state index is 11.9. The fourth-order valence-electron chi connectivity index (χ4n) is 2.21. The number of amides is 1. The maximum atomic E-state index is 11.9. The Balaban J connectivity index is 1.95. The Morgan fingerprint density at radius 2 is 1.64 bits per heavy atom. The maximum Gasteiger partial charge on any atom is 0.269 e. The molecule has 0 spiro atoms. The number of hydrazine groups is 1. The van der Waals surface area contributed by atoms with Crippen LogP contribution in [0.1, 0.15) is 27.0 Å². The first kappa shape index (κ1) is 15.9. The van der Waals surface area contributed by atoms with Gasteiger partial charge in [-0.15, -0.1) is 0 Å². The van der Waals surface area contributed by atoms with Crippen molar-refractivity contribution in [2.24, 2.45) is 0 Å². The highest BCUT2D eigenvalue weighted by Crippen LogP contribution is 2.21. The summed E-state index contributed by atoms with van der Waals surface area (Å²) in [5, 5.41) is 3.44. The van der Waals surface area contributed by atoms with E-state index in [-0.39, 0.29) is 5.91 Å². The van der Waals surface area contributed by atoms with Gasteiger partial charge in [0.05, 0.1) is 0 Å². The predicted molar refractivity (Wildman–Crippen MR) is 91.7 cm³/mol. The number of benzene rings is 1. The summed E-state index contributed by atoms with van der Waals surface area (Å²) in [5.41, 5.74) is 10.1.